The van der Waals surface area contributed by atoms with E-state index in [1.54, 1.807) is 6.92 Å². The van der Waals surface area contributed by atoms with Crippen LogP contribution in [0, 0.1) is 11.8 Å². The number of carbonyl (C=O) groups is 2. The van der Waals surface area contributed by atoms with E-state index in [0.717, 1.165) is 0 Å². The molecule has 0 saturated carbocycles. The van der Waals surface area contributed by atoms with E-state index in [1.807, 2.05) is 0 Å². The Labute approximate surface area is 82.1 Å². The highest BCUT2D eigenvalue weighted by Crippen LogP contribution is 2.03. The van der Waals surface area contributed by atoms with Gasteiger partial charge in [-0.3, -0.25) is 4.79 Å². The number of nitrogens with one attached hydrogen (secondary N) is 1. The first-order valence-electron chi connectivity index (χ1n) is 4.33. The van der Waals surface area contributed by atoms with Gasteiger partial charge in [-0.1, -0.05) is 5.92 Å². The summed E-state index contributed by atoms with van der Waals surface area (Å²) < 4.78 is 0. The van der Waals surface area contributed by atoms with Crippen LogP contribution in [-0.2, 0) is 9.59 Å². The Morgan fingerprint density at radius 3 is 2.86 bits per heavy atom. The van der Waals surface area contributed by atoms with Crippen LogP contribution in [0.25, 0.3) is 0 Å². The zero-order chi connectivity index (χ0) is 10.6. The highest BCUT2D eigenvalue weighted by atomic mass is 16.4. The zero-order valence-electron chi connectivity index (χ0n) is 7.91. The second kappa shape index (κ2) is 4.63. The molecule has 1 atom stereocenters. The lowest BCUT2D eigenvalue weighted by molar-refractivity contribution is -0.149. The molecule has 0 aliphatic carbocycles. The number of nitrogens with zero attached hydrogens (tertiary/aromatic N) is 1. The molecule has 0 spiro atoms. The molecule has 1 rings (SSSR count). The average Bonchev–Trinajstić information content (AvgIpc) is 2.18. The van der Waals surface area contributed by atoms with Gasteiger partial charge in [-0.15, -0.1) is 0 Å². The standard InChI is InChI=1S/C9H12N2O3/c1-2-3-8(12)11-5-4-10-6-7(11)9(13)14/h7,10H,4-6H2,1H3,(H,13,14). The molecule has 1 fully saturated rings. The molecule has 0 aromatic rings. The second-order valence-corrected chi connectivity index (χ2v) is 2.93. The van der Waals surface area contributed by atoms with Crippen LogP contribution < -0.4 is 5.32 Å². The number of rotatable bonds is 1. The number of piperazine rings is 1. The van der Waals surface area contributed by atoms with Gasteiger partial charge in [-0.25, -0.2) is 4.79 Å². The van der Waals surface area contributed by atoms with Gasteiger partial charge < -0.3 is 15.3 Å². The van der Waals surface area contributed by atoms with Gasteiger partial charge >= 0.3 is 5.97 Å². The first kappa shape index (κ1) is 10.5. The summed E-state index contributed by atoms with van der Waals surface area (Å²) >= 11 is 0. The number of carbonyl (C=O) groups excluding carboxylic acids is 1. The van der Waals surface area contributed by atoms with Crippen molar-refractivity contribution in [2.75, 3.05) is 19.6 Å². The van der Waals surface area contributed by atoms with Gasteiger partial charge in [0, 0.05) is 19.6 Å². The summed E-state index contributed by atoms with van der Waals surface area (Å²) in [5, 5.41) is 11.8. The topological polar surface area (TPSA) is 69.6 Å². The molecular weight excluding hydrogens is 184 g/mol. The van der Waals surface area contributed by atoms with Gasteiger partial charge in [-0.2, -0.15) is 0 Å². The van der Waals surface area contributed by atoms with Crippen LogP contribution in [0.15, 0.2) is 0 Å². The van der Waals surface area contributed by atoms with Crippen molar-refractivity contribution < 1.29 is 14.7 Å². The quantitative estimate of drug-likeness (QED) is 0.522. The maximum absolute atomic E-state index is 11.4. The second-order valence-electron chi connectivity index (χ2n) is 2.93. The highest BCUT2D eigenvalue weighted by molar-refractivity contribution is 5.96. The molecule has 5 heteroatoms. The van der Waals surface area contributed by atoms with E-state index in [0.29, 0.717) is 13.1 Å². The van der Waals surface area contributed by atoms with Crippen molar-refractivity contribution in [3.63, 3.8) is 0 Å². The average molecular weight is 196 g/mol. The predicted octanol–water partition coefficient (Wildman–Crippen LogP) is -1.11. The highest BCUT2D eigenvalue weighted by Gasteiger charge is 2.30. The van der Waals surface area contributed by atoms with Gasteiger partial charge in [0.1, 0.15) is 6.04 Å². The van der Waals surface area contributed by atoms with E-state index in [4.69, 9.17) is 5.11 Å². The summed E-state index contributed by atoms with van der Waals surface area (Å²) in [4.78, 5) is 23.5. The summed E-state index contributed by atoms with van der Waals surface area (Å²) in [6, 6.07) is -0.794. The van der Waals surface area contributed by atoms with Crippen molar-refractivity contribution in [2.24, 2.45) is 0 Å². The lowest BCUT2D eigenvalue weighted by Crippen LogP contribution is -2.56. The third-order valence-corrected chi connectivity index (χ3v) is 2.02. The first-order valence-corrected chi connectivity index (χ1v) is 4.33. The van der Waals surface area contributed by atoms with Crippen LogP contribution in [0.1, 0.15) is 6.92 Å². The molecule has 14 heavy (non-hydrogen) atoms. The van der Waals surface area contributed by atoms with Crippen LogP contribution in [-0.4, -0.2) is 47.6 Å². The number of amides is 1. The molecule has 0 aromatic heterocycles. The van der Waals surface area contributed by atoms with Crippen molar-refractivity contribution in [3.8, 4) is 11.8 Å². The van der Waals surface area contributed by atoms with Crippen molar-refractivity contribution >= 4 is 11.9 Å². The Hall–Kier alpha value is -1.54. The maximum atomic E-state index is 11.4. The molecule has 5 nitrogen and oxygen atoms in total. The molecule has 0 bridgehead atoms. The van der Waals surface area contributed by atoms with Crippen molar-refractivity contribution in [2.45, 2.75) is 13.0 Å². The molecule has 1 aliphatic rings. The van der Waals surface area contributed by atoms with Crippen molar-refractivity contribution in [1.29, 1.82) is 0 Å². The molecule has 76 valence electrons. The SMILES string of the molecule is CC#CC(=O)N1CCNCC1C(=O)O. The number of hydrogen-bond donors (Lipinski definition) is 2. The van der Waals surface area contributed by atoms with E-state index >= 15 is 0 Å². The predicted molar refractivity (Wildman–Crippen MR) is 49.5 cm³/mol. The fraction of sp³-hybridized carbons (Fsp3) is 0.556. The molecule has 1 unspecified atom stereocenters. The van der Waals surface area contributed by atoms with Gasteiger partial charge in [0.05, 0.1) is 0 Å². The van der Waals surface area contributed by atoms with Crippen LogP contribution in [0.3, 0.4) is 0 Å². The van der Waals surface area contributed by atoms with Crippen LogP contribution in [0.5, 0.6) is 0 Å². The smallest absolute Gasteiger partial charge is 0.327 e. The normalized spacial score (nSPS) is 20.9. The lowest BCUT2D eigenvalue weighted by atomic mass is 10.2. The Balaban J connectivity index is 2.75. The number of hydrogen-bond acceptors (Lipinski definition) is 3. The largest absolute Gasteiger partial charge is 0.480 e. The molecule has 2 N–H and O–H groups in total. The Bertz CT molecular complexity index is 303. The monoisotopic (exact) mass is 196 g/mol. The minimum Gasteiger partial charge on any atom is -0.480 e. The molecule has 1 heterocycles. The van der Waals surface area contributed by atoms with Crippen LogP contribution in [0.2, 0.25) is 0 Å². The minimum absolute atomic E-state index is 0.284. The third-order valence-electron chi connectivity index (χ3n) is 2.02. The maximum Gasteiger partial charge on any atom is 0.327 e. The van der Waals surface area contributed by atoms with E-state index in [1.165, 1.54) is 4.90 Å². The van der Waals surface area contributed by atoms with E-state index in [-0.39, 0.29) is 6.54 Å². The van der Waals surface area contributed by atoms with Gasteiger partial charge in [0.15, 0.2) is 0 Å². The number of aliphatic carboxylic acids is 1. The van der Waals surface area contributed by atoms with E-state index in [9.17, 15) is 9.59 Å². The van der Waals surface area contributed by atoms with Gasteiger partial charge in [0.2, 0.25) is 0 Å². The number of carboxylic acid groups (broad SMARTS) is 1. The van der Waals surface area contributed by atoms with Gasteiger partial charge in [0.25, 0.3) is 5.91 Å². The van der Waals surface area contributed by atoms with E-state index < -0.39 is 17.9 Å². The Kier molecular flexibility index (Phi) is 3.48. The summed E-state index contributed by atoms with van der Waals surface area (Å²) in [6.07, 6.45) is 0. The molecule has 1 amide bonds. The molecule has 1 aliphatic heterocycles. The minimum atomic E-state index is -0.997. The summed E-state index contributed by atoms with van der Waals surface area (Å²) in [5.41, 5.74) is 0. The Morgan fingerprint density at radius 2 is 2.29 bits per heavy atom. The van der Waals surface area contributed by atoms with Crippen LogP contribution in [0.4, 0.5) is 0 Å². The van der Waals surface area contributed by atoms with E-state index in [2.05, 4.69) is 17.2 Å². The molecule has 1 saturated heterocycles. The molecule has 0 aromatic carbocycles. The fourth-order valence-corrected chi connectivity index (χ4v) is 1.35. The molecular formula is C9H12N2O3. The fourth-order valence-electron chi connectivity index (χ4n) is 1.35. The van der Waals surface area contributed by atoms with Crippen molar-refractivity contribution in [1.82, 2.24) is 10.2 Å². The summed E-state index contributed by atoms with van der Waals surface area (Å²) in [6.45, 7) is 2.84. The summed E-state index contributed by atoms with van der Waals surface area (Å²) in [7, 11) is 0. The molecule has 0 radical (unpaired) electrons. The Morgan fingerprint density at radius 1 is 1.57 bits per heavy atom. The summed E-state index contributed by atoms with van der Waals surface area (Å²) in [5.74, 6) is 3.40. The van der Waals surface area contributed by atoms with Crippen LogP contribution >= 0.6 is 0 Å². The van der Waals surface area contributed by atoms with Gasteiger partial charge in [-0.05, 0) is 12.8 Å². The first-order chi connectivity index (χ1) is 6.66. The zero-order valence-corrected chi connectivity index (χ0v) is 7.91. The third kappa shape index (κ3) is 2.24. The lowest BCUT2D eigenvalue weighted by Gasteiger charge is -2.31. The van der Waals surface area contributed by atoms with Crippen molar-refractivity contribution in [3.05, 3.63) is 0 Å². The number of carboxylic acids is 1.